The highest BCUT2D eigenvalue weighted by Gasteiger charge is 2.12. The minimum Gasteiger partial charge on any atom is -0.321 e. The molecule has 0 spiro atoms. The Balaban J connectivity index is 1.72. The van der Waals surface area contributed by atoms with Gasteiger partial charge in [-0.1, -0.05) is 24.9 Å². The van der Waals surface area contributed by atoms with Crippen LogP contribution < -0.4 is 5.32 Å². The fourth-order valence-corrected chi connectivity index (χ4v) is 3.26. The Labute approximate surface area is 169 Å². The summed E-state index contributed by atoms with van der Waals surface area (Å²) < 4.78 is 3.63. The average Bonchev–Trinajstić information content (AvgIpc) is 3.19. The number of nitrogens with zero attached hydrogens (tertiary/aromatic N) is 5. The maximum atomic E-state index is 12.3. The lowest BCUT2D eigenvalue weighted by Gasteiger charge is -2.06. The number of carbonyl (C=O) groups excluding carboxylic acids is 1. The first-order chi connectivity index (χ1) is 13.4. The van der Waals surface area contributed by atoms with Gasteiger partial charge < -0.3 is 5.32 Å². The molecular formula is C20H25ClN6O. The highest BCUT2D eigenvalue weighted by Crippen LogP contribution is 2.22. The molecule has 3 rings (SSSR count). The van der Waals surface area contributed by atoms with Crippen LogP contribution >= 0.6 is 11.6 Å². The number of aromatic nitrogens is 5. The van der Waals surface area contributed by atoms with Crippen molar-refractivity contribution < 1.29 is 4.79 Å². The number of nitrogens with one attached hydrogen (secondary N) is 1. The molecule has 0 saturated carbocycles. The number of hydrogen-bond donors (Lipinski definition) is 1. The van der Waals surface area contributed by atoms with Crippen LogP contribution in [0.1, 0.15) is 50.9 Å². The van der Waals surface area contributed by atoms with Gasteiger partial charge in [0.25, 0.3) is 0 Å². The first kappa shape index (κ1) is 20.1. The third-order valence-electron chi connectivity index (χ3n) is 4.42. The molecule has 0 atom stereocenters. The zero-order chi connectivity index (χ0) is 20.3. The Bertz CT molecular complexity index is 1020. The van der Waals surface area contributed by atoms with Crippen molar-refractivity contribution in [3.63, 3.8) is 0 Å². The number of halogens is 1. The summed E-state index contributed by atoms with van der Waals surface area (Å²) in [4.78, 5) is 16.7. The predicted molar refractivity (Wildman–Crippen MR) is 112 cm³/mol. The highest BCUT2D eigenvalue weighted by atomic mass is 35.5. The number of unbranched alkanes of at least 4 members (excludes halogenated alkanes) is 1. The summed E-state index contributed by atoms with van der Waals surface area (Å²) in [5.74, 6) is -0.255. The van der Waals surface area contributed by atoms with E-state index in [-0.39, 0.29) is 11.9 Å². The SMILES string of the molecule is CCCCn1nc(C)c(/C=C/C(=O)Nc2cnc3c(cnn3C(C)C)c2)c1Cl. The summed E-state index contributed by atoms with van der Waals surface area (Å²) in [6, 6.07) is 2.08. The summed E-state index contributed by atoms with van der Waals surface area (Å²) in [5.41, 5.74) is 2.98. The van der Waals surface area contributed by atoms with Crippen LogP contribution in [0.4, 0.5) is 5.69 Å². The molecule has 8 heteroatoms. The van der Waals surface area contributed by atoms with Crippen LogP contribution in [0.15, 0.2) is 24.5 Å². The largest absolute Gasteiger partial charge is 0.321 e. The average molecular weight is 401 g/mol. The fraction of sp³-hybridized carbons (Fsp3) is 0.400. The smallest absolute Gasteiger partial charge is 0.248 e. The summed E-state index contributed by atoms with van der Waals surface area (Å²) in [7, 11) is 0. The molecule has 1 N–H and O–H groups in total. The van der Waals surface area contributed by atoms with Crippen LogP contribution in [0, 0.1) is 6.92 Å². The normalized spacial score (nSPS) is 11.8. The molecule has 28 heavy (non-hydrogen) atoms. The van der Waals surface area contributed by atoms with Crippen LogP contribution in [0.25, 0.3) is 17.1 Å². The van der Waals surface area contributed by atoms with Crippen molar-refractivity contribution >= 4 is 40.3 Å². The number of anilines is 1. The number of amides is 1. The van der Waals surface area contributed by atoms with Gasteiger partial charge in [0.2, 0.25) is 5.91 Å². The molecule has 0 aromatic carbocycles. The molecule has 0 aliphatic heterocycles. The van der Waals surface area contributed by atoms with E-state index in [9.17, 15) is 4.79 Å². The van der Waals surface area contributed by atoms with Crippen molar-refractivity contribution in [3.8, 4) is 0 Å². The third-order valence-corrected chi connectivity index (χ3v) is 4.82. The van der Waals surface area contributed by atoms with E-state index in [4.69, 9.17) is 11.6 Å². The Hall–Kier alpha value is -2.67. The Morgan fingerprint density at radius 3 is 2.86 bits per heavy atom. The fourth-order valence-electron chi connectivity index (χ4n) is 2.94. The van der Waals surface area contributed by atoms with E-state index < -0.39 is 0 Å². The molecule has 1 amide bonds. The lowest BCUT2D eigenvalue weighted by atomic mass is 10.2. The Morgan fingerprint density at radius 2 is 2.14 bits per heavy atom. The molecule has 0 bridgehead atoms. The van der Waals surface area contributed by atoms with E-state index in [2.05, 4.69) is 27.4 Å². The topological polar surface area (TPSA) is 77.6 Å². The highest BCUT2D eigenvalue weighted by molar-refractivity contribution is 6.31. The van der Waals surface area contributed by atoms with Gasteiger partial charge in [-0.3, -0.25) is 9.48 Å². The van der Waals surface area contributed by atoms with Crippen molar-refractivity contribution in [1.29, 1.82) is 0 Å². The standard InChI is InChI=1S/C20H25ClN6O/c1-5-6-9-26-19(21)17(14(4)25-26)7-8-18(28)24-16-10-15-11-23-27(13(2)3)20(15)22-12-16/h7-8,10-13H,5-6,9H2,1-4H3,(H,24,28)/b8-7+. The first-order valence-corrected chi connectivity index (χ1v) is 9.83. The van der Waals surface area contributed by atoms with Crippen molar-refractivity contribution in [1.82, 2.24) is 24.5 Å². The van der Waals surface area contributed by atoms with E-state index in [0.29, 0.717) is 10.8 Å². The second kappa shape index (κ2) is 8.56. The van der Waals surface area contributed by atoms with Gasteiger partial charge >= 0.3 is 0 Å². The molecule has 0 aliphatic carbocycles. The number of hydrogen-bond acceptors (Lipinski definition) is 4. The minimum atomic E-state index is -0.255. The van der Waals surface area contributed by atoms with Crippen LogP contribution in [0.3, 0.4) is 0 Å². The van der Waals surface area contributed by atoms with E-state index in [1.165, 1.54) is 6.08 Å². The minimum absolute atomic E-state index is 0.222. The Kier molecular flexibility index (Phi) is 6.14. The summed E-state index contributed by atoms with van der Waals surface area (Å²) >= 11 is 6.40. The third kappa shape index (κ3) is 4.25. The van der Waals surface area contributed by atoms with Gasteiger partial charge in [-0.2, -0.15) is 10.2 Å². The van der Waals surface area contributed by atoms with Gasteiger partial charge in [-0.05, 0) is 39.3 Å². The molecule has 7 nitrogen and oxygen atoms in total. The van der Waals surface area contributed by atoms with Gasteiger partial charge in [0.05, 0.1) is 23.8 Å². The molecule has 3 heterocycles. The maximum absolute atomic E-state index is 12.3. The lowest BCUT2D eigenvalue weighted by molar-refractivity contribution is -0.111. The molecular weight excluding hydrogens is 376 g/mol. The number of rotatable bonds is 7. The molecule has 148 valence electrons. The second-order valence-electron chi connectivity index (χ2n) is 7.01. The van der Waals surface area contributed by atoms with Crippen LogP contribution in [-0.2, 0) is 11.3 Å². The molecule has 3 aromatic rings. The molecule has 0 radical (unpaired) electrons. The monoisotopic (exact) mass is 400 g/mol. The van der Waals surface area contributed by atoms with Crippen LogP contribution in [0.5, 0.6) is 0 Å². The van der Waals surface area contributed by atoms with Crippen LogP contribution in [0.2, 0.25) is 5.15 Å². The van der Waals surface area contributed by atoms with E-state index >= 15 is 0 Å². The van der Waals surface area contributed by atoms with Gasteiger partial charge in [-0.25, -0.2) is 9.67 Å². The predicted octanol–water partition coefficient (Wildman–Crippen LogP) is 4.62. The van der Waals surface area contributed by atoms with Gasteiger partial charge in [-0.15, -0.1) is 0 Å². The summed E-state index contributed by atoms with van der Waals surface area (Å²) in [5, 5.41) is 13.0. The van der Waals surface area contributed by atoms with Crippen molar-refractivity contribution in [2.24, 2.45) is 0 Å². The van der Waals surface area contributed by atoms with E-state index in [0.717, 1.165) is 41.7 Å². The van der Waals surface area contributed by atoms with Crippen molar-refractivity contribution in [2.75, 3.05) is 5.32 Å². The molecule has 0 saturated heterocycles. The lowest BCUT2D eigenvalue weighted by Crippen LogP contribution is -2.08. The molecule has 3 aromatic heterocycles. The summed E-state index contributed by atoms with van der Waals surface area (Å²) in [6.45, 7) is 8.87. The van der Waals surface area contributed by atoms with Gasteiger partial charge in [0.1, 0.15) is 5.15 Å². The quantitative estimate of drug-likeness (QED) is 0.587. The second-order valence-corrected chi connectivity index (χ2v) is 7.37. The number of fused-ring (bicyclic) bond motifs is 1. The van der Waals surface area contributed by atoms with E-state index in [1.807, 2.05) is 31.5 Å². The molecule has 0 unspecified atom stereocenters. The first-order valence-electron chi connectivity index (χ1n) is 9.46. The molecule has 0 fully saturated rings. The maximum Gasteiger partial charge on any atom is 0.248 e. The zero-order valence-electron chi connectivity index (χ0n) is 16.6. The van der Waals surface area contributed by atoms with Crippen LogP contribution in [-0.4, -0.2) is 30.5 Å². The number of carbonyl (C=O) groups is 1. The van der Waals surface area contributed by atoms with E-state index in [1.54, 1.807) is 23.2 Å². The van der Waals surface area contributed by atoms with Gasteiger partial charge in [0.15, 0.2) is 5.65 Å². The number of pyridine rings is 1. The Morgan fingerprint density at radius 1 is 1.36 bits per heavy atom. The summed E-state index contributed by atoms with van der Waals surface area (Å²) in [6.07, 6.45) is 8.62. The van der Waals surface area contributed by atoms with Gasteiger partial charge in [0, 0.05) is 29.6 Å². The molecule has 0 aliphatic rings. The zero-order valence-corrected chi connectivity index (χ0v) is 17.4. The van der Waals surface area contributed by atoms with Crippen molar-refractivity contribution in [2.45, 2.75) is 53.1 Å². The van der Waals surface area contributed by atoms with Crippen molar-refractivity contribution in [3.05, 3.63) is 40.9 Å². The number of aryl methyl sites for hydroxylation is 2.